The number of aryl methyl sites for hydroxylation is 1. The monoisotopic (exact) mass is 540 g/mol. The Kier molecular flexibility index (Phi) is 7.91. The molecule has 8 heteroatoms. The number of phenolic OH excluding ortho intramolecular Hbond substituents is 2. The predicted octanol–water partition coefficient (Wildman–Crippen LogP) is 5.78. The summed E-state index contributed by atoms with van der Waals surface area (Å²) in [5.41, 5.74) is 3.54. The van der Waals surface area contributed by atoms with Gasteiger partial charge in [-0.2, -0.15) is 0 Å². The molecule has 4 unspecified atom stereocenters. The first-order valence-electron chi connectivity index (χ1n) is 12.7. The van der Waals surface area contributed by atoms with E-state index in [-0.39, 0.29) is 41.3 Å². The first-order valence-corrected chi connectivity index (χ1v) is 15.0. The number of hydrogen-bond acceptors (Lipinski definition) is 8. The zero-order valence-electron chi connectivity index (χ0n) is 20.7. The molecule has 0 spiro atoms. The average Bonchev–Trinajstić information content (AvgIpc) is 2.97. The van der Waals surface area contributed by atoms with E-state index in [9.17, 15) is 25.2 Å². The highest BCUT2D eigenvalue weighted by atomic mass is 33.1. The number of ether oxygens (including phenoxy) is 1. The van der Waals surface area contributed by atoms with E-state index in [2.05, 4.69) is 0 Å². The quantitative estimate of drug-likeness (QED) is 0.288. The SMILES string of the molecule is COc1c(O)ccc2c1-c1ccc3ccc(O)cc3c1C1CCC(CC(O)CSS1)C(O)CC(=O)CC2. The molecule has 0 aromatic heterocycles. The lowest BCUT2D eigenvalue weighted by Gasteiger charge is -2.26. The van der Waals surface area contributed by atoms with Crippen LogP contribution in [-0.2, 0) is 11.2 Å². The molecule has 1 heterocycles. The number of carbonyl (C=O) groups is 1. The van der Waals surface area contributed by atoms with Crippen LogP contribution >= 0.6 is 21.6 Å². The Balaban J connectivity index is 1.80. The van der Waals surface area contributed by atoms with E-state index >= 15 is 0 Å². The van der Waals surface area contributed by atoms with Gasteiger partial charge in [-0.05, 0) is 77.3 Å². The van der Waals surface area contributed by atoms with Crippen molar-refractivity contribution >= 4 is 38.1 Å². The number of aromatic hydroxyl groups is 2. The molecule has 4 atom stereocenters. The van der Waals surface area contributed by atoms with Gasteiger partial charge in [0.15, 0.2) is 11.5 Å². The maximum atomic E-state index is 12.9. The van der Waals surface area contributed by atoms with Crippen molar-refractivity contribution in [2.75, 3.05) is 12.9 Å². The average molecular weight is 541 g/mol. The largest absolute Gasteiger partial charge is 0.508 e. The lowest BCUT2D eigenvalue weighted by atomic mass is 9.85. The molecule has 3 aromatic rings. The van der Waals surface area contributed by atoms with E-state index < -0.39 is 12.2 Å². The second-order valence-electron chi connectivity index (χ2n) is 9.99. The summed E-state index contributed by atoms with van der Waals surface area (Å²) in [7, 11) is 4.82. The van der Waals surface area contributed by atoms with Crippen LogP contribution in [0.15, 0.2) is 42.5 Å². The van der Waals surface area contributed by atoms with Gasteiger partial charge in [-0.25, -0.2) is 0 Å². The van der Waals surface area contributed by atoms with Crippen molar-refractivity contribution in [3.63, 3.8) is 0 Å². The van der Waals surface area contributed by atoms with Crippen molar-refractivity contribution in [2.24, 2.45) is 5.92 Å². The molecular weight excluding hydrogens is 508 g/mol. The smallest absolute Gasteiger partial charge is 0.168 e. The van der Waals surface area contributed by atoms with Crippen molar-refractivity contribution in [2.45, 2.75) is 56.0 Å². The Morgan fingerprint density at radius 3 is 2.62 bits per heavy atom. The van der Waals surface area contributed by atoms with Crippen molar-refractivity contribution in [1.29, 1.82) is 0 Å². The van der Waals surface area contributed by atoms with Gasteiger partial charge in [0.05, 0.1) is 19.3 Å². The lowest BCUT2D eigenvalue weighted by Crippen LogP contribution is -2.28. The van der Waals surface area contributed by atoms with Crippen molar-refractivity contribution in [3.05, 3.63) is 53.6 Å². The second-order valence-corrected chi connectivity index (χ2v) is 12.6. The Morgan fingerprint density at radius 1 is 1.00 bits per heavy atom. The minimum Gasteiger partial charge on any atom is -0.508 e. The van der Waals surface area contributed by atoms with Gasteiger partial charge in [0.2, 0.25) is 0 Å². The van der Waals surface area contributed by atoms with Gasteiger partial charge in [0.1, 0.15) is 11.5 Å². The molecule has 0 saturated carbocycles. The summed E-state index contributed by atoms with van der Waals surface area (Å²) in [6, 6.07) is 12.8. The number of phenols is 2. The van der Waals surface area contributed by atoms with Crippen molar-refractivity contribution in [1.82, 2.24) is 0 Å². The van der Waals surface area contributed by atoms with Crippen molar-refractivity contribution < 1.29 is 30.0 Å². The minimum atomic E-state index is -0.804. The standard InChI is InChI=1S/C29H32O6S2/c1-35-29-24(33)10-5-17-3-8-20(31)14-25(34)18-6-11-26(37-36-15-21(32)12-18)28-22(27(17)29)9-4-16-2-7-19(30)13-23(16)28/h2,4-5,7,9-10,13,18,21,25-26,30,32-34H,3,6,8,11-12,14-15H2,1H3. The van der Waals surface area contributed by atoms with Gasteiger partial charge in [-0.15, -0.1) is 0 Å². The molecule has 5 rings (SSSR count). The number of aliphatic hydroxyl groups is 2. The van der Waals surface area contributed by atoms with E-state index in [1.165, 1.54) is 7.11 Å². The van der Waals surface area contributed by atoms with E-state index in [4.69, 9.17) is 4.74 Å². The lowest BCUT2D eigenvalue weighted by molar-refractivity contribution is -0.121. The molecule has 1 saturated heterocycles. The summed E-state index contributed by atoms with van der Waals surface area (Å²) in [5, 5.41) is 44.7. The summed E-state index contributed by atoms with van der Waals surface area (Å²) in [6.45, 7) is 0. The predicted molar refractivity (Wildman–Crippen MR) is 149 cm³/mol. The molecule has 1 aliphatic carbocycles. The first kappa shape index (κ1) is 26.2. The molecule has 0 amide bonds. The maximum absolute atomic E-state index is 12.9. The number of hydrogen-bond donors (Lipinski definition) is 4. The number of aliphatic hydroxyl groups excluding tert-OH is 2. The van der Waals surface area contributed by atoms with Crippen LogP contribution in [0.1, 0.15) is 48.5 Å². The molecule has 2 bridgehead atoms. The molecule has 6 nitrogen and oxygen atoms in total. The molecule has 1 aliphatic heterocycles. The first-order chi connectivity index (χ1) is 17.9. The number of carbonyl (C=O) groups excluding carboxylic acids is 1. The number of Topliss-reactive ketones (excluding diaryl/α,β-unsaturated/α-hetero) is 1. The number of ketones is 1. The zero-order chi connectivity index (χ0) is 26.1. The topological polar surface area (TPSA) is 107 Å². The van der Waals surface area contributed by atoms with Gasteiger partial charge in [0.25, 0.3) is 0 Å². The Morgan fingerprint density at radius 2 is 1.81 bits per heavy atom. The van der Waals surface area contributed by atoms with E-state index in [0.717, 1.165) is 39.4 Å². The van der Waals surface area contributed by atoms with Crippen LogP contribution in [0.5, 0.6) is 17.2 Å². The summed E-state index contributed by atoms with van der Waals surface area (Å²) in [4.78, 5) is 12.9. The van der Waals surface area contributed by atoms with Crippen LogP contribution in [0, 0.1) is 5.92 Å². The van der Waals surface area contributed by atoms with Gasteiger partial charge < -0.3 is 25.2 Å². The fraction of sp³-hybridized carbons (Fsp3) is 0.414. The summed E-state index contributed by atoms with van der Waals surface area (Å²) in [6.07, 6.45) is 1.23. The Hall–Kier alpha value is -2.39. The molecular formula is C29H32O6S2. The Labute approximate surface area is 224 Å². The van der Waals surface area contributed by atoms with Gasteiger partial charge in [-0.3, -0.25) is 4.79 Å². The second kappa shape index (κ2) is 11.2. The third-order valence-electron chi connectivity index (χ3n) is 7.54. The Bertz CT molecular complexity index is 1310. The van der Waals surface area contributed by atoms with E-state index in [0.29, 0.717) is 30.8 Å². The highest BCUT2D eigenvalue weighted by Gasteiger charge is 2.31. The van der Waals surface area contributed by atoms with Crippen LogP contribution in [0.2, 0.25) is 0 Å². The van der Waals surface area contributed by atoms with Gasteiger partial charge in [-0.1, -0.05) is 45.9 Å². The van der Waals surface area contributed by atoms with Crippen LogP contribution < -0.4 is 4.74 Å². The molecule has 37 heavy (non-hydrogen) atoms. The fourth-order valence-corrected chi connectivity index (χ4v) is 8.58. The van der Waals surface area contributed by atoms with Crippen molar-refractivity contribution in [3.8, 4) is 28.4 Å². The number of rotatable bonds is 1. The molecule has 4 N–H and O–H groups in total. The van der Waals surface area contributed by atoms with Gasteiger partial charge >= 0.3 is 0 Å². The van der Waals surface area contributed by atoms with Gasteiger partial charge in [0, 0.05) is 29.4 Å². The maximum Gasteiger partial charge on any atom is 0.168 e. The molecule has 196 valence electrons. The molecule has 1 fully saturated rings. The summed E-state index contributed by atoms with van der Waals surface area (Å²) in [5.74, 6) is 0.854. The van der Waals surface area contributed by atoms with Crippen LogP contribution in [0.4, 0.5) is 0 Å². The third-order valence-corrected chi connectivity index (χ3v) is 10.4. The minimum absolute atomic E-state index is 0.0222. The number of benzene rings is 3. The molecule has 3 aromatic carbocycles. The molecule has 2 aliphatic rings. The summed E-state index contributed by atoms with van der Waals surface area (Å²) < 4.78 is 5.72. The third kappa shape index (κ3) is 5.43. The van der Waals surface area contributed by atoms with E-state index in [1.807, 2.05) is 24.3 Å². The highest BCUT2D eigenvalue weighted by molar-refractivity contribution is 8.76. The number of fused-ring (bicyclic) bond motifs is 9. The normalized spacial score (nSPS) is 25.0. The van der Waals surface area contributed by atoms with Crippen LogP contribution in [-0.4, -0.2) is 51.3 Å². The molecule has 0 radical (unpaired) electrons. The summed E-state index contributed by atoms with van der Waals surface area (Å²) >= 11 is 0. The van der Waals surface area contributed by atoms with Crippen LogP contribution in [0.25, 0.3) is 21.9 Å². The number of methoxy groups -OCH3 is 1. The van der Waals surface area contributed by atoms with E-state index in [1.54, 1.807) is 39.8 Å². The zero-order valence-corrected chi connectivity index (χ0v) is 22.4. The highest BCUT2D eigenvalue weighted by Crippen LogP contribution is 2.52. The fourth-order valence-electron chi connectivity index (χ4n) is 5.69. The van der Waals surface area contributed by atoms with Crippen LogP contribution in [0.3, 0.4) is 0 Å².